The highest BCUT2D eigenvalue weighted by Gasteiger charge is 2.24. The minimum absolute atomic E-state index is 0.0586. The van der Waals surface area contributed by atoms with Crippen molar-refractivity contribution in [2.24, 2.45) is 4.40 Å². The number of hydrogen-bond donors (Lipinski definition) is 2. The first-order chi connectivity index (χ1) is 12.9. The number of carbonyl (C=O) groups is 1. The van der Waals surface area contributed by atoms with Crippen molar-refractivity contribution in [3.8, 4) is 11.5 Å². The summed E-state index contributed by atoms with van der Waals surface area (Å²) in [6.07, 6.45) is 0.212. The van der Waals surface area contributed by atoms with E-state index in [1.54, 1.807) is 36.4 Å². The van der Waals surface area contributed by atoms with Crippen LogP contribution in [0.1, 0.15) is 12.8 Å². The van der Waals surface area contributed by atoms with Crippen molar-refractivity contribution in [3.05, 3.63) is 42.5 Å². The first-order valence-corrected chi connectivity index (χ1v) is 9.58. The van der Waals surface area contributed by atoms with Gasteiger partial charge in [-0.25, -0.2) is 0 Å². The van der Waals surface area contributed by atoms with E-state index in [2.05, 4.69) is 15.0 Å². The van der Waals surface area contributed by atoms with Crippen LogP contribution in [0.5, 0.6) is 11.5 Å². The maximum atomic E-state index is 12.2. The summed E-state index contributed by atoms with van der Waals surface area (Å²) in [4.78, 5) is 12.4. The molecular formula is C18H19N3O5S. The summed E-state index contributed by atoms with van der Waals surface area (Å²) in [6, 6.07) is 11.5. The number of methoxy groups -OCH3 is 2. The summed E-state index contributed by atoms with van der Waals surface area (Å²) in [6.45, 7) is 0. The number of benzene rings is 2. The van der Waals surface area contributed by atoms with Crippen LogP contribution in [0.25, 0.3) is 0 Å². The molecular weight excluding hydrogens is 370 g/mol. The SMILES string of the molecule is COc1cc(NC(=O)CCC2=NS(=O)(=O)c3ccccc3N2)cc(OC)c1. The van der Waals surface area contributed by atoms with E-state index in [1.165, 1.54) is 20.3 Å². The van der Waals surface area contributed by atoms with Gasteiger partial charge in [0.1, 0.15) is 22.2 Å². The molecule has 1 heterocycles. The molecule has 0 unspecified atom stereocenters. The normalized spacial score (nSPS) is 14.4. The molecule has 8 nitrogen and oxygen atoms in total. The van der Waals surface area contributed by atoms with Crippen molar-refractivity contribution in [3.63, 3.8) is 0 Å². The third-order valence-electron chi connectivity index (χ3n) is 3.90. The van der Waals surface area contributed by atoms with E-state index in [1.807, 2.05) is 0 Å². The van der Waals surface area contributed by atoms with E-state index in [9.17, 15) is 13.2 Å². The molecule has 27 heavy (non-hydrogen) atoms. The summed E-state index contributed by atoms with van der Waals surface area (Å²) in [5.41, 5.74) is 0.980. The lowest BCUT2D eigenvalue weighted by Gasteiger charge is -2.17. The van der Waals surface area contributed by atoms with Crippen LogP contribution in [0.15, 0.2) is 51.8 Å². The van der Waals surface area contributed by atoms with E-state index in [0.29, 0.717) is 22.9 Å². The highest BCUT2D eigenvalue weighted by molar-refractivity contribution is 7.90. The lowest BCUT2D eigenvalue weighted by Crippen LogP contribution is -2.23. The Morgan fingerprint density at radius 2 is 1.78 bits per heavy atom. The number of nitrogens with zero attached hydrogens (tertiary/aromatic N) is 1. The molecule has 0 saturated carbocycles. The van der Waals surface area contributed by atoms with Gasteiger partial charge in [0.25, 0.3) is 10.0 Å². The molecule has 1 amide bonds. The van der Waals surface area contributed by atoms with Gasteiger partial charge >= 0.3 is 0 Å². The van der Waals surface area contributed by atoms with Gasteiger partial charge in [-0.1, -0.05) is 12.1 Å². The number of para-hydroxylation sites is 1. The van der Waals surface area contributed by atoms with Crippen LogP contribution in [0.2, 0.25) is 0 Å². The lowest BCUT2D eigenvalue weighted by molar-refractivity contribution is -0.116. The Hall–Kier alpha value is -3.07. The van der Waals surface area contributed by atoms with Gasteiger partial charge in [-0.05, 0) is 12.1 Å². The zero-order valence-electron chi connectivity index (χ0n) is 14.9. The molecule has 1 aliphatic rings. The number of carbonyl (C=O) groups excluding carboxylic acids is 1. The maximum Gasteiger partial charge on any atom is 0.286 e. The van der Waals surface area contributed by atoms with Gasteiger partial charge in [-0.3, -0.25) is 4.79 Å². The third kappa shape index (κ3) is 4.37. The Kier molecular flexibility index (Phi) is 5.31. The molecule has 0 spiro atoms. The van der Waals surface area contributed by atoms with Gasteiger partial charge in [0.15, 0.2) is 0 Å². The monoisotopic (exact) mass is 389 g/mol. The number of rotatable bonds is 6. The maximum absolute atomic E-state index is 12.2. The van der Waals surface area contributed by atoms with Gasteiger partial charge in [-0.15, -0.1) is 4.40 Å². The fraction of sp³-hybridized carbons (Fsp3) is 0.222. The topological polar surface area (TPSA) is 106 Å². The van der Waals surface area contributed by atoms with E-state index >= 15 is 0 Å². The predicted octanol–water partition coefficient (Wildman–Crippen LogP) is 2.64. The molecule has 0 bridgehead atoms. The molecule has 0 saturated heterocycles. The van der Waals surface area contributed by atoms with Crippen LogP contribution in [0.3, 0.4) is 0 Å². The summed E-state index contributed by atoms with van der Waals surface area (Å²) < 4.78 is 38.5. The van der Waals surface area contributed by atoms with E-state index in [0.717, 1.165) is 0 Å². The van der Waals surface area contributed by atoms with Crippen LogP contribution in [-0.4, -0.2) is 34.4 Å². The number of sulfonamides is 1. The molecule has 1 aliphatic heterocycles. The van der Waals surface area contributed by atoms with Gasteiger partial charge in [0, 0.05) is 36.7 Å². The predicted molar refractivity (Wildman–Crippen MR) is 102 cm³/mol. The number of nitrogens with one attached hydrogen (secondary N) is 2. The van der Waals surface area contributed by atoms with Crippen LogP contribution in [0, 0.1) is 0 Å². The molecule has 0 aromatic heterocycles. The minimum atomic E-state index is -3.76. The summed E-state index contributed by atoms with van der Waals surface area (Å²) in [5.74, 6) is 1.04. The fourth-order valence-corrected chi connectivity index (χ4v) is 3.78. The molecule has 3 rings (SSSR count). The largest absolute Gasteiger partial charge is 0.497 e. The second kappa shape index (κ2) is 7.67. The number of amidine groups is 1. The highest BCUT2D eigenvalue weighted by Crippen LogP contribution is 2.28. The van der Waals surface area contributed by atoms with Crippen LogP contribution in [0.4, 0.5) is 11.4 Å². The summed E-state index contributed by atoms with van der Waals surface area (Å²) >= 11 is 0. The Morgan fingerprint density at radius 1 is 1.11 bits per heavy atom. The molecule has 142 valence electrons. The number of amides is 1. The first-order valence-electron chi connectivity index (χ1n) is 8.14. The zero-order chi connectivity index (χ0) is 19.4. The molecule has 0 radical (unpaired) electrons. The van der Waals surface area contributed by atoms with Crippen molar-refractivity contribution in [1.29, 1.82) is 0 Å². The van der Waals surface area contributed by atoms with E-state index in [4.69, 9.17) is 9.47 Å². The third-order valence-corrected chi connectivity index (χ3v) is 5.27. The van der Waals surface area contributed by atoms with Crippen molar-refractivity contribution >= 4 is 33.1 Å². The Morgan fingerprint density at radius 3 is 2.44 bits per heavy atom. The molecule has 9 heteroatoms. The number of hydrogen-bond acceptors (Lipinski definition) is 6. The minimum Gasteiger partial charge on any atom is -0.497 e. The molecule has 2 aromatic rings. The average Bonchev–Trinajstić information content (AvgIpc) is 2.65. The van der Waals surface area contributed by atoms with Crippen molar-refractivity contribution in [2.75, 3.05) is 24.9 Å². The average molecular weight is 389 g/mol. The van der Waals surface area contributed by atoms with Gasteiger partial charge in [0.05, 0.1) is 19.9 Å². The molecule has 2 aromatic carbocycles. The van der Waals surface area contributed by atoms with E-state index in [-0.39, 0.29) is 29.5 Å². The second-order valence-corrected chi connectivity index (χ2v) is 7.36. The zero-order valence-corrected chi connectivity index (χ0v) is 15.7. The second-order valence-electron chi connectivity index (χ2n) is 5.78. The highest BCUT2D eigenvalue weighted by atomic mass is 32.2. The van der Waals surface area contributed by atoms with Crippen molar-refractivity contribution in [2.45, 2.75) is 17.7 Å². The van der Waals surface area contributed by atoms with Crippen LogP contribution >= 0.6 is 0 Å². The Bertz CT molecular complexity index is 980. The summed E-state index contributed by atoms with van der Waals surface area (Å²) in [7, 11) is -0.717. The van der Waals surface area contributed by atoms with Crippen LogP contribution in [-0.2, 0) is 14.8 Å². The summed E-state index contributed by atoms with van der Waals surface area (Å²) in [5, 5.41) is 5.70. The van der Waals surface area contributed by atoms with Crippen LogP contribution < -0.4 is 20.1 Å². The fourth-order valence-electron chi connectivity index (χ4n) is 2.61. The standard InChI is InChI=1S/C18H19N3O5S/c1-25-13-9-12(10-14(11-13)26-2)19-18(22)8-7-17-20-15-5-3-4-6-16(15)27(23,24)21-17/h3-6,9-11H,7-8H2,1-2H3,(H,19,22)(H,20,21). The van der Waals surface area contributed by atoms with Gasteiger partial charge < -0.3 is 20.1 Å². The number of ether oxygens (including phenoxy) is 2. The number of anilines is 2. The Balaban J connectivity index is 1.66. The molecule has 2 N–H and O–H groups in total. The number of fused-ring (bicyclic) bond motifs is 1. The molecule has 0 aliphatic carbocycles. The van der Waals surface area contributed by atoms with E-state index < -0.39 is 10.0 Å². The molecule has 0 fully saturated rings. The first kappa shape index (κ1) is 18.7. The smallest absolute Gasteiger partial charge is 0.286 e. The van der Waals surface area contributed by atoms with Crippen molar-refractivity contribution < 1.29 is 22.7 Å². The quantitative estimate of drug-likeness (QED) is 0.787. The van der Waals surface area contributed by atoms with Gasteiger partial charge in [0.2, 0.25) is 5.91 Å². The lowest BCUT2D eigenvalue weighted by atomic mass is 10.2. The van der Waals surface area contributed by atoms with Gasteiger partial charge in [-0.2, -0.15) is 8.42 Å². The molecule has 0 atom stereocenters. The Labute approximate surface area is 157 Å². The van der Waals surface area contributed by atoms with Crippen molar-refractivity contribution in [1.82, 2.24) is 0 Å².